The first-order valence-electron chi connectivity index (χ1n) is 5.36. The Morgan fingerprint density at radius 3 is 2.61 bits per heavy atom. The first kappa shape index (κ1) is 13.8. The van der Waals surface area contributed by atoms with Crippen LogP contribution in [0.3, 0.4) is 0 Å². The van der Waals surface area contributed by atoms with Crippen molar-refractivity contribution in [2.75, 3.05) is 5.33 Å². The minimum atomic E-state index is -0.0507. The van der Waals surface area contributed by atoms with Crippen LogP contribution in [-0.2, 0) is 0 Å². The molecule has 1 heterocycles. The number of hydrogen-bond donors (Lipinski definition) is 1. The van der Waals surface area contributed by atoms with Gasteiger partial charge in [0.2, 0.25) is 0 Å². The summed E-state index contributed by atoms with van der Waals surface area (Å²) in [6, 6.07) is 11.7. The van der Waals surface area contributed by atoms with E-state index in [4.69, 9.17) is 0 Å². The zero-order valence-electron chi connectivity index (χ0n) is 9.40. The van der Waals surface area contributed by atoms with Crippen molar-refractivity contribution in [2.45, 2.75) is 6.04 Å². The molecule has 2 aromatic rings. The van der Waals surface area contributed by atoms with Gasteiger partial charge in [-0.15, -0.1) is 11.3 Å². The fourth-order valence-corrected chi connectivity index (χ4v) is 3.24. The molecule has 94 valence electrons. The van der Waals surface area contributed by atoms with Crippen molar-refractivity contribution in [2.24, 2.45) is 0 Å². The van der Waals surface area contributed by atoms with Crippen LogP contribution >= 0.6 is 43.2 Å². The molecule has 5 heteroatoms. The molecule has 0 radical (unpaired) electrons. The Balaban J connectivity index is 2.10. The normalized spacial score (nSPS) is 12.1. The lowest BCUT2D eigenvalue weighted by Crippen LogP contribution is -2.29. The topological polar surface area (TPSA) is 29.1 Å². The average molecular weight is 389 g/mol. The lowest BCUT2D eigenvalue weighted by atomic mass is 10.1. The van der Waals surface area contributed by atoms with Crippen LogP contribution in [-0.4, -0.2) is 11.2 Å². The van der Waals surface area contributed by atoms with Crippen LogP contribution in [0.25, 0.3) is 0 Å². The highest BCUT2D eigenvalue weighted by atomic mass is 79.9. The second-order valence-electron chi connectivity index (χ2n) is 3.73. The van der Waals surface area contributed by atoms with E-state index >= 15 is 0 Å². The van der Waals surface area contributed by atoms with E-state index in [1.807, 2.05) is 41.8 Å². The summed E-state index contributed by atoms with van der Waals surface area (Å²) in [5.41, 5.74) is 1.78. The monoisotopic (exact) mass is 387 g/mol. The van der Waals surface area contributed by atoms with Crippen molar-refractivity contribution in [1.29, 1.82) is 0 Å². The molecule has 2 nitrogen and oxygen atoms in total. The number of thiophene rings is 1. The minimum absolute atomic E-state index is 0.0163. The summed E-state index contributed by atoms with van der Waals surface area (Å²) in [6.07, 6.45) is 0. The predicted octanol–water partition coefficient (Wildman–Crippen LogP) is 4.38. The maximum atomic E-state index is 12.1. The molecule has 1 atom stereocenters. The Bertz CT molecular complexity index is 527. The number of benzene rings is 1. The van der Waals surface area contributed by atoms with Gasteiger partial charge in [0, 0.05) is 10.7 Å². The molecule has 1 aromatic carbocycles. The van der Waals surface area contributed by atoms with Crippen LogP contribution in [0.4, 0.5) is 0 Å². The fraction of sp³-hybridized carbons (Fsp3) is 0.154. The molecule has 0 aliphatic heterocycles. The molecular weight excluding hydrogens is 378 g/mol. The molecule has 0 spiro atoms. The maximum absolute atomic E-state index is 12.1. The van der Waals surface area contributed by atoms with Gasteiger partial charge in [-0.05, 0) is 27.6 Å². The summed E-state index contributed by atoms with van der Waals surface area (Å²) in [4.78, 5) is 12.1. The highest BCUT2D eigenvalue weighted by molar-refractivity contribution is 9.11. The molecule has 1 unspecified atom stereocenters. The Hall–Kier alpha value is -0.650. The number of rotatable bonds is 4. The number of alkyl halides is 1. The van der Waals surface area contributed by atoms with Gasteiger partial charge in [-0.25, -0.2) is 0 Å². The highest BCUT2D eigenvalue weighted by Gasteiger charge is 2.15. The Morgan fingerprint density at radius 1 is 1.33 bits per heavy atom. The van der Waals surface area contributed by atoms with E-state index in [1.165, 1.54) is 11.3 Å². The van der Waals surface area contributed by atoms with Crippen LogP contribution in [0.1, 0.15) is 22.0 Å². The Morgan fingerprint density at radius 2 is 2.06 bits per heavy atom. The van der Waals surface area contributed by atoms with Gasteiger partial charge in [0.15, 0.2) is 0 Å². The molecular formula is C13H11Br2NOS. The third-order valence-corrected chi connectivity index (χ3v) is 4.64. The predicted molar refractivity (Wildman–Crippen MR) is 82.5 cm³/mol. The Labute approximate surface area is 127 Å². The number of nitrogens with one attached hydrogen (secondary N) is 1. The van der Waals surface area contributed by atoms with Crippen molar-refractivity contribution in [1.82, 2.24) is 5.32 Å². The van der Waals surface area contributed by atoms with E-state index in [1.54, 1.807) is 0 Å². The van der Waals surface area contributed by atoms with Crippen molar-refractivity contribution < 1.29 is 4.79 Å². The zero-order valence-corrected chi connectivity index (χ0v) is 13.4. The summed E-state index contributed by atoms with van der Waals surface area (Å²) in [7, 11) is 0. The third-order valence-electron chi connectivity index (χ3n) is 2.49. The maximum Gasteiger partial charge on any atom is 0.252 e. The van der Waals surface area contributed by atoms with E-state index in [2.05, 4.69) is 37.2 Å². The summed E-state index contributed by atoms with van der Waals surface area (Å²) in [6.45, 7) is 0. The average Bonchev–Trinajstić information content (AvgIpc) is 2.83. The third kappa shape index (κ3) is 3.43. The van der Waals surface area contributed by atoms with Crippen LogP contribution in [0, 0.1) is 0 Å². The molecule has 0 fully saturated rings. The molecule has 1 amide bonds. The number of halogens is 2. The standard InChI is InChI=1S/C13H11Br2NOS/c14-7-11(9-4-2-1-3-5-9)16-13(17)10-6-12(15)18-8-10/h1-6,8,11H,7H2,(H,16,17). The lowest BCUT2D eigenvalue weighted by Gasteiger charge is -2.16. The molecule has 1 aromatic heterocycles. The van der Waals surface area contributed by atoms with E-state index in [-0.39, 0.29) is 11.9 Å². The van der Waals surface area contributed by atoms with Gasteiger partial charge < -0.3 is 5.32 Å². The van der Waals surface area contributed by atoms with Gasteiger partial charge in [0.05, 0.1) is 15.4 Å². The minimum Gasteiger partial charge on any atom is -0.344 e. The van der Waals surface area contributed by atoms with Crippen LogP contribution < -0.4 is 5.32 Å². The molecule has 0 aliphatic rings. The molecule has 18 heavy (non-hydrogen) atoms. The molecule has 0 aliphatic carbocycles. The van der Waals surface area contributed by atoms with E-state index in [0.717, 1.165) is 9.35 Å². The van der Waals surface area contributed by atoms with Gasteiger partial charge in [-0.2, -0.15) is 0 Å². The first-order chi connectivity index (χ1) is 8.70. The van der Waals surface area contributed by atoms with Crippen LogP contribution in [0.5, 0.6) is 0 Å². The summed E-state index contributed by atoms with van der Waals surface area (Å²) >= 11 is 8.30. The summed E-state index contributed by atoms with van der Waals surface area (Å²) < 4.78 is 0.961. The van der Waals surface area contributed by atoms with Gasteiger partial charge in [0.25, 0.3) is 5.91 Å². The number of hydrogen-bond acceptors (Lipinski definition) is 2. The molecule has 1 N–H and O–H groups in total. The molecule has 0 bridgehead atoms. The number of carbonyl (C=O) groups is 1. The lowest BCUT2D eigenvalue weighted by molar-refractivity contribution is 0.0941. The highest BCUT2D eigenvalue weighted by Crippen LogP contribution is 2.22. The van der Waals surface area contributed by atoms with E-state index < -0.39 is 0 Å². The van der Waals surface area contributed by atoms with Crippen molar-refractivity contribution in [3.05, 3.63) is 56.7 Å². The van der Waals surface area contributed by atoms with Gasteiger partial charge in [-0.3, -0.25) is 4.79 Å². The second kappa shape index (κ2) is 6.50. The number of amides is 1. The smallest absolute Gasteiger partial charge is 0.252 e. The SMILES string of the molecule is O=C(NC(CBr)c1ccccc1)c1csc(Br)c1. The Kier molecular flexibility index (Phi) is 4.97. The summed E-state index contributed by atoms with van der Waals surface area (Å²) in [5.74, 6) is -0.0507. The van der Waals surface area contributed by atoms with E-state index in [0.29, 0.717) is 10.9 Å². The fourth-order valence-electron chi connectivity index (χ4n) is 1.57. The molecule has 0 saturated carbocycles. The van der Waals surface area contributed by atoms with Crippen molar-refractivity contribution in [3.63, 3.8) is 0 Å². The van der Waals surface area contributed by atoms with Crippen LogP contribution in [0.15, 0.2) is 45.6 Å². The van der Waals surface area contributed by atoms with Gasteiger partial charge in [-0.1, -0.05) is 46.3 Å². The van der Waals surface area contributed by atoms with Crippen molar-refractivity contribution >= 4 is 49.1 Å². The van der Waals surface area contributed by atoms with Gasteiger partial charge in [0.1, 0.15) is 0 Å². The zero-order chi connectivity index (χ0) is 13.0. The molecule has 0 saturated heterocycles. The van der Waals surface area contributed by atoms with Gasteiger partial charge >= 0.3 is 0 Å². The summed E-state index contributed by atoms with van der Waals surface area (Å²) in [5, 5.41) is 5.54. The van der Waals surface area contributed by atoms with E-state index in [9.17, 15) is 4.79 Å². The second-order valence-corrected chi connectivity index (χ2v) is 6.67. The molecule has 2 rings (SSSR count). The quantitative estimate of drug-likeness (QED) is 0.773. The van der Waals surface area contributed by atoms with Crippen molar-refractivity contribution in [3.8, 4) is 0 Å². The number of carbonyl (C=O) groups excluding carboxylic acids is 1. The largest absolute Gasteiger partial charge is 0.344 e. The first-order valence-corrected chi connectivity index (χ1v) is 8.16. The van der Waals surface area contributed by atoms with Crippen LogP contribution in [0.2, 0.25) is 0 Å².